The molecule has 1 fully saturated rings. The Kier molecular flexibility index (Phi) is 7.76. The van der Waals surface area contributed by atoms with Crippen LogP contribution in [0.5, 0.6) is 0 Å². The van der Waals surface area contributed by atoms with Crippen LogP contribution < -0.4 is 11.1 Å². The summed E-state index contributed by atoms with van der Waals surface area (Å²) in [5.41, 5.74) is 5.22. The molecule has 0 bridgehead atoms. The largest absolute Gasteiger partial charge is 0.340 e. The van der Waals surface area contributed by atoms with Crippen LogP contribution in [-0.2, 0) is 4.79 Å². The van der Waals surface area contributed by atoms with Crippen LogP contribution >= 0.6 is 12.4 Å². The fraction of sp³-hybridized carbons (Fsp3) is 0.529. The van der Waals surface area contributed by atoms with Gasteiger partial charge in [-0.1, -0.05) is 19.9 Å². The molecule has 1 heterocycles. The molecule has 0 spiro atoms. The lowest BCUT2D eigenvalue weighted by atomic mass is 9.99. The second-order valence-electron chi connectivity index (χ2n) is 6.48. The molecule has 2 rings (SSSR count). The summed E-state index contributed by atoms with van der Waals surface area (Å²) in [6, 6.07) is 2.25. The molecule has 8 heteroatoms. The Bertz CT molecular complexity index is 608. The van der Waals surface area contributed by atoms with Crippen LogP contribution in [0.25, 0.3) is 0 Å². The zero-order chi connectivity index (χ0) is 17.9. The standard InChI is InChI=1S/C17H23F2N3O2.ClH/c1-10(2)15(17(24)22-8-4-5-11(20)9-22)21-16(23)14-12(18)6-3-7-13(14)19;/h3,6-7,10-11,15H,4-5,8-9,20H2,1-2H3,(H,21,23);1H. The molecule has 1 aliphatic heterocycles. The second-order valence-corrected chi connectivity index (χ2v) is 6.48. The van der Waals surface area contributed by atoms with E-state index in [0.717, 1.165) is 25.0 Å². The Balaban J connectivity index is 0.00000312. The normalized spacial score (nSPS) is 18.5. The lowest BCUT2D eigenvalue weighted by molar-refractivity contribution is -0.135. The van der Waals surface area contributed by atoms with Crippen molar-refractivity contribution < 1.29 is 18.4 Å². The van der Waals surface area contributed by atoms with Gasteiger partial charge in [-0.25, -0.2) is 8.78 Å². The van der Waals surface area contributed by atoms with Crippen LogP contribution in [0.4, 0.5) is 8.78 Å². The maximum Gasteiger partial charge on any atom is 0.257 e. The van der Waals surface area contributed by atoms with Gasteiger partial charge in [0.2, 0.25) is 5.91 Å². The number of carbonyl (C=O) groups excluding carboxylic acids is 2. The van der Waals surface area contributed by atoms with E-state index in [9.17, 15) is 18.4 Å². The van der Waals surface area contributed by atoms with Gasteiger partial charge < -0.3 is 16.0 Å². The van der Waals surface area contributed by atoms with Crippen molar-refractivity contribution in [2.75, 3.05) is 13.1 Å². The van der Waals surface area contributed by atoms with E-state index in [1.165, 1.54) is 6.07 Å². The maximum absolute atomic E-state index is 13.7. The van der Waals surface area contributed by atoms with Crippen molar-refractivity contribution in [3.8, 4) is 0 Å². The number of rotatable bonds is 4. The third-order valence-corrected chi connectivity index (χ3v) is 4.18. The first kappa shape index (κ1) is 21.3. The molecular formula is C17H24ClF2N3O2. The van der Waals surface area contributed by atoms with E-state index in [4.69, 9.17) is 5.73 Å². The molecule has 0 aliphatic carbocycles. The Morgan fingerprint density at radius 3 is 2.40 bits per heavy atom. The SMILES string of the molecule is CC(C)C(NC(=O)c1c(F)cccc1F)C(=O)N1CCCC(N)C1.Cl. The van der Waals surface area contributed by atoms with Crippen molar-refractivity contribution in [2.45, 2.75) is 38.8 Å². The summed E-state index contributed by atoms with van der Waals surface area (Å²) in [5.74, 6) is -3.34. The van der Waals surface area contributed by atoms with Crippen LogP contribution in [0.15, 0.2) is 18.2 Å². The highest BCUT2D eigenvalue weighted by atomic mass is 35.5. The van der Waals surface area contributed by atoms with E-state index in [-0.39, 0.29) is 30.3 Å². The van der Waals surface area contributed by atoms with Gasteiger partial charge in [0, 0.05) is 19.1 Å². The van der Waals surface area contributed by atoms with Crippen molar-refractivity contribution in [1.82, 2.24) is 10.2 Å². The smallest absolute Gasteiger partial charge is 0.257 e. The van der Waals surface area contributed by atoms with Crippen LogP contribution in [0.2, 0.25) is 0 Å². The molecule has 5 nitrogen and oxygen atoms in total. The zero-order valence-corrected chi connectivity index (χ0v) is 15.1. The minimum atomic E-state index is -0.956. The Morgan fingerprint density at radius 1 is 1.28 bits per heavy atom. The topological polar surface area (TPSA) is 75.4 Å². The number of nitrogens with one attached hydrogen (secondary N) is 1. The highest BCUT2D eigenvalue weighted by Gasteiger charge is 2.32. The lowest BCUT2D eigenvalue weighted by Gasteiger charge is -2.34. The number of carbonyl (C=O) groups is 2. The quantitative estimate of drug-likeness (QED) is 0.846. The van der Waals surface area contributed by atoms with Gasteiger partial charge in [-0.2, -0.15) is 0 Å². The van der Waals surface area contributed by atoms with Crippen molar-refractivity contribution >= 4 is 24.2 Å². The van der Waals surface area contributed by atoms with E-state index in [0.29, 0.717) is 13.1 Å². The first-order chi connectivity index (χ1) is 11.3. The van der Waals surface area contributed by atoms with Crippen molar-refractivity contribution in [3.05, 3.63) is 35.4 Å². The Labute approximate surface area is 152 Å². The minimum Gasteiger partial charge on any atom is -0.340 e. The van der Waals surface area contributed by atoms with Gasteiger partial charge >= 0.3 is 0 Å². The van der Waals surface area contributed by atoms with Gasteiger partial charge in [0.25, 0.3) is 5.91 Å². The number of nitrogens with zero attached hydrogens (tertiary/aromatic N) is 1. The second kappa shape index (κ2) is 9.10. The molecule has 0 radical (unpaired) electrons. The molecule has 1 aromatic carbocycles. The predicted molar refractivity (Wildman–Crippen MR) is 93.5 cm³/mol. The molecular weight excluding hydrogens is 352 g/mol. The molecule has 1 aliphatic rings. The molecule has 1 aromatic rings. The fourth-order valence-electron chi connectivity index (χ4n) is 2.85. The summed E-state index contributed by atoms with van der Waals surface area (Å²) in [4.78, 5) is 26.6. The Hall–Kier alpha value is -1.73. The van der Waals surface area contributed by atoms with E-state index < -0.39 is 29.1 Å². The average molecular weight is 376 g/mol. The number of likely N-dealkylation sites (tertiary alicyclic amines) is 1. The lowest BCUT2D eigenvalue weighted by Crippen LogP contribution is -2.55. The predicted octanol–water partition coefficient (Wildman–Crippen LogP) is 2.09. The molecule has 1 saturated heterocycles. The van der Waals surface area contributed by atoms with Gasteiger partial charge in [0.1, 0.15) is 23.2 Å². The highest BCUT2D eigenvalue weighted by molar-refractivity contribution is 5.98. The van der Waals surface area contributed by atoms with E-state index in [1.807, 2.05) is 0 Å². The van der Waals surface area contributed by atoms with E-state index >= 15 is 0 Å². The van der Waals surface area contributed by atoms with Gasteiger partial charge in [0.15, 0.2) is 0 Å². The van der Waals surface area contributed by atoms with Gasteiger partial charge in [0.05, 0.1) is 0 Å². The van der Waals surface area contributed by atoms with Crippen molar-refractivity contribution in [2.24, 2.45) is 11.7 Å². The van der Waals surface area contributed by atoms with E-state index in [2.05, 4.69) is 5.32 Å². The molecule has 0 aromatic heterocycles. The average Bonchev–Trinajstić information content (AvgIpc) is 2.51. The molecule has 2 amide bonds. The molecule has 25 heavy (non-hydrogen) atoms. The molecule has 140 valence electrons. The summed E-state index contributed by atoms with van der Waals surface area (Å²) >= 11 is 0. The van der Waals surface area contributed by atoms with Gasteiger partial charge in [-0.3, -0.25) is 9.59 Å². The van der Waals surface area contributed by atoms with Gasteiger partial charge in [-0.15, -0.1) is 12.4 Å². The summed E-state index contributed by atoms with van der Waals surface area (Å²) in [6.07, 6.45) is 1.65. The number of hydrogen-bond donors (Lipinski definition) is 2. The first-order valence-corrected chi connectivity index (χ1v) is 8.10. The third kappa shape index (κ3) is 5.12. The van der Waals surface area contributed by atoms with Crippen molar-refractivity contribution in [3.63, 3.8) is 0 Å². The molecule has 3 N–H and O–H groups in total. The maximum atomic E-state index is 13.7. The van der Waals surface area contributed by atoms with Crippen LogP contribution in [-0.4, -0.2) is 41.9 Å². The third-order valence-electron chi connectivity index (χ3n) is 4.18. The first-order valence-electron chi connectivity index (χ1n) is 8.10. The highest BCUT2D eigenvalue weighted by Crippen LogP contribution is 2.16. The Morgan fingerprint density at radius 2 is 1.88 bits per heavy atom. The number of piperidine rings is 1. The zero-order valence-electron chi connectivity index (χ0n) is 14.3. The molecule has 2 atom stereocenters. The monoisotopic (exact) mass is 375 g/mol. The number of amides is 2. The van der Waals surface area contributed by atoms with Gasteiger partial charge in [-0.05, 0) is 30.9 Å². The van der Waals surface area contributed by atoms with Crippen LogP contribution in [0.1, 0.15) is 37.0 Å². The number of halogens is 3. The molecule has 0 saturated carbocycles. The van der Waals surface area contributed by atoms with Crippen LogP contribution in [0, 0.1) is 17.6 Å². The number of benzene rings is 1. The number of nitrogens with two attached hydrogens (primary N) is 1. The molecule has 2 unspecified atom stereocenters. The summed E-state index contributed by atoms with van der Waals surface area (Å²) in [5, 5.41) is 2.48. The summed E-state index contributed by atoms with van der Waals surface area (Å²) in [7, 11) is 0. The van der Waals surface area contributed by atoms with E-state index in [1.54, 1.807) is 18.7 Å². The minimum absolute atomic E-state index is 0. The van der Waals surface area contributed by atoms with Crippen LogP contribution in [0.3, 0.4) is 0 Å². The fourth-order valence-corrected chi connectivity index (χ4v) is 2.85. The summed E-state index contributed by atoms with van der Waals surface area (Å²) < 4.78 is 27.5. The van der Waals surface area contributed by atoms with Crippen molar-refractivity contribution in [1.29, 1.82) is 0 Å². The number of hydrogen-bond acceptors (Lipinski definition) is 3. The summed E-state index contributed by atoms with van der Waals surface area (Å²) in [6.45, 7) is 4.53.